The van der Waals surface area contributed by atoms with Gasteiger partial charge in [-0.25, -0.2) is 0 Å². The van der Waals surface area contributed by atoms with E-state index in [0.29, 0.717) is 17.9 Å². The van der Waals surface area contributed by atoms with Gasteiger partial charge >= 0.3 is 5.82 Å². The Morgan fingerprint density at radius 3 is 2.88 bits per heavy atom. The van der Waals surface area contributed by atoms with Crippen molar-refractivity contribution in [3.8, 4) is 0 Å². The topological polar surface area (TPSA) is 108 Å². The van der Waals surface area contributed by atoms with Crippen LogP contribution < -0.4 is 5.32 Å². The number of nitro groups is 1. The molecule has 3 aromatic rings. The lowest BCUT2D eigenvalue weighted by atomic mass is 10.2. The maximum Gasteiger partial charge on any atom is 0.345 e. The van der Waals surface area contributed by atoms with Gasteiger partial charge in [0.2, 0.25) is 0 Å². The van der Waals surface area contributed by atoms with Crippen LogP contribution in [0.4, 0.5) is 11.5 Å². The smallest absolute Gasteiger partial charge is 0.345 e. The Labute approximate surface area is 156 Å². The highest BCUT2D eigenvalue weighted by Crippen LogP contribution is 2.15. The maximum atomic E-state index is 12.2. The summed E-state index contributed by atoms with van der Waals surface area (Å²) in [6.07, 6.45) is 3.55. The van der Waals surface area contributed by atoms with E-state index in [1.807, 2.05) is 24.4 Å². The summed E-state index contributed by atoms with van der Waals surface area (Å²) in [6.45, 7) is 1.96. The number of carbonyl (C=O) groups excluding carboxylic acids is 1. The minimum atomic E-state index is -0.559. The fourth-order valence-corrected chi connectivity index (χ4v) is 2.82. The van der Waals surface area contributed by atoms with Crippen LogP contribution in [-0.4, -0.2) is 30.4 Å². The highest BCUT2D eigenvalue weighted by Gasteiger charge is 2.19. The second kappa shape index (κ2) is 7.48. The molecule has 134 valence electrons. The molecule has 0 radical (unpaired) electrons. The first-order valence-electron chi connectivity index (χ1n) is 7.66. The van der Waals surface area contributed by atoms with E-state index in [-0.39, 0.29) is 12.4 Å². The molecule has 0 spiro atoms. The molecule has 0 saturated carbocycles. The first-order valence-corrected chi connectivity index (χ1v) is 8.45. The summed E-state index contributed by atoms with van der Waals surface area (Å²) in [5.74, 6) is -0.606. The van der Waals surface area contributed by atoms with Crippen LogP contribution in [0.2, 0.25) is 0 Å². The number of halogens is 1. The molecule has 0 fully saturated rings. The van der Waals surface area contributed by atoms with Gasteiger partial charge in [0, 0.05) is 11.9 Å². The van der Waals surface area contributed by atoms with Crippen LogP contribution in [0.5, 0.6) is 0 Å². The van der Waals surface area contributed by atoms with Crippen LogP contribution in [-0.2, 0) is 17.9 Å². The van der Waals surface area contributed by atoms with Crippen molar-refractivity contribution in [3.05, 3.63) is 68.6 Å². The number of aryl methyl sites for hydroxylation is 1. The summed E-state index contributed by atoms with van der Waals surface area (Å²) in [4.78, 5) is 22.7. The summed E-state index contributed by atoms with van der Waals surface area (Å²) in [6, 6.07) is 8.66. The lowest BCUT2D eigenvalue weighted by Crippen LogP contribution is -2.20. The van der Waals surface area contributed by atoms with Gasteiger partial charge in [-0.1, -0.05) is 17.2 Å². The van der Waals surface area contributed by atoms with E-state index in [1.165, 1.54) is 6.07 Å². The molecule has 26 heavy (non-hydrogen) atoms. The molecule has 0 aliphatic carbocycles. The molecule has 1 N–H and O–H groups in total. The third-order valence-electron chi connectivity index (χ3n) is 3.52. The second-order valence-corrected chi connectivity index (χ2v) is 6.58. The monoisotopic (exact) mass is 418 g/mol. The van der Waals surface area contributed by atoms with Crippen LogP contribution >= 0.6 is 15.9 Å². The maximum absolute atomic E-state index is 12.2. The van der Waals surface area contributed by atoms with E-state index >= 15 is 0 Å². The Hall–Kier alpha value is -3.01. The Morgan fingerprint density at radius 2 is 2.19 bits per heavy atom. The number of nitrogens with zero attached hydrogens (tertiary/aromatic N) is 5. The minimum absolute atomic E-state index is 0.212. The Balaban J connectivity index is 1.68. The van der Waals surface area contributed by atoms with Gasteiger partial charge in [0.25, 0.3) is 5.91 Å². The average molecular weight is 419 g/mol. The highest BCUT2D eigenvalue weighted by molar-refractivity contribution is 9.10. The summed E-state index contributed by atoms with van der Waals surface area (Å²) in [7, 11) is 0. The number of benzene rings is 1. The fraction of sp³-hybridized carbons (Fsp3) is 0.188. The SMILES string of the molecule is Cc1cc([N+](=O)[O-])n(CC(=O)Nc2cccc(Cn3cc(Br)cn3)c2)n1. The number of hydrogen-bond acceptors (Lipinski definition) is 5. The number of hydrogen-bond donors (Lipinski definition) is 1. The van der Waals surface area contributed by atoms with E-state index in [4.69, 9.17) is 0 Å². The molecule has 0 saturated heterocycles. The zero-order chi connectivity index (χ0) is 18.7. The molecular weight excluding hydrogens is 404 g/mol. The van der Waals surface area contributed by atoms with Gasteiger partial charge in [0.15, 0.2) is 6.54 Å². The van der Waals surface area contributed by atoms with Gasteiger partial charge < -0.3 is 15.4 Å². The molecule has 9 nitrogen and oxygen atoms in total. The molecule has 0 aliphatic heterocycles. The first kappa shape index (κ1) is 17.8. The van der Waals surface area contributed by atoms with Crippen LogP contribution in [0, 0.1) is 17.0 Å². The van der Waals surface area contributed by atoms with Gasteiger partial charge in [-0.3, -0.25) is 9.48 Å². The molecule has 0 aliphatic rings. The van der Waals surface area contributed by atoms with Gasteiger partial charge in [-0.15, -0.1) is 4.68 Å². The summed E-state index contributed by atoms with van der Waals surface area (Å²) in [5, 5.41) is 21.9. The van der Waals surface area contributed by atoms with Crippen molar-refractivity contribution in [2.75, 3.05) is 5.32 Å². The summed E-state index contributed by atoms with van der Waals surface area (Å²) in [5.41, 5.74) is 2.04. The van der Waals surface area contributed by atoms with E-state index in [2.05, 4.69) is 31.4 Å². The molecule has 3 rings (SSSR count). The molecule has 1 aromatic carbocycles. The standard InChI is InChI=1S/C16H15BrN6O3/c1-11-5-16(23(25)26)22(20-11)10-15(24)19-14-4-2-3-12(6-14)8-21-9-13(17)7-18-21/h2-7,9H,8,10H2,1H3,(H,19,24). The van der Waals surface area contributed by atoms with Crippen molar-refractivity contribution in [2.45, 2.75) is 20.0 Å². The Bertz CT molecular complexity index is 965. The van der Waals surface area contributed by atoms with Crippen molar-refractivity contribution >= 4 is 33.3 Å². The zero-order valence-corrected chi connectivity index (χ0v) is 15.4. The molecule has 2 heterocycles. The number of anilines is 1. The largest absolute Gasteiger partial charge is 0.358 e. The summed E-state index contributed by atoms with van der Waals surface area (Å²) >= 11 is 3.35. The zero-order valence-electron chi connectivity index (χ0n) is 13.8. The van der Waals surface area contributed by atoms with Crippen molar-refractivity contribution in [1.29, 1.82) is 0 Å². The molecule has 0 unspecified atom stereocenters. The Morgan fingerprint density at radius 1 is 1.38 bits per heavy atom. The second-order valence-electron chi connectivity index (χ2n) is 5.66. The quantitative estimate of drug-likeness (QED) is 0.488. The van der Waals surface area contributed by atoms with E-state index in [9.17, 15) is 14.9 Å². The molecule has 1 amide bonds. The van der Waals surface area contributed by atoms with Crippen molar-refractivity contribution in [1.82, 2.24) is 19.6 Å². The predicted octanol–water partition coefficient (Wildman–Crippen LogP) is 2.75. The number of amides is 1. The van der Waals surface area contributed by atoms with Gasteiger partial charge in [0.05, 0.1) is 29.0 Å². The van der Waals surface area contributed by atoms with Gasteiger partial charge in [0.1, 0.15) is 0 Å². The minimum Gasteiger partial charge on any atom is -0.358 e. The van der Waals surface area contributed by atoms with Crippen molar-refractivity contribution in [2.24, 2.45) is 0 Å². The molecule has 0 bridgehead atoms. The molecule has 10 heteroatoms. The number of nitrogens with one attached hydrogen (secondary N) is 1. The van der Waals surface area contributed by atoms with E-state index in [1.54, 1.807) is 23.9 Å². The lowest BCUT2D eigenvalue weighted by Gasteiger charge is -2.07. The van der Waals surface area contributed by atoms with Gasteiger partial charge in [-0.2, -0.15) is 5.10 Å². The Kier molecular flexibility index (Phi) is 5.12. The van der Waals surface area contributed by atoms with Crippen molar-refractivity contribution < 1.29 is 9.72 Å². The van der Waals surface area contributed by atoms with Crippen LogP contribution in [0.25, 0.3) is 0 Å². The number of rotatable bonds is 6. The molecule has 0 atom stereocenters. The molecular formula is C16H15BrN6O3. The molecule has 2 aromatic heterocycles. The van der Waals surface area contributed by atoms with E-state index < -0.39 is 10.8 Å². The number of carbonyl (C=O) groups is 1. The highest BCUT2D eigenvalue weighted by atomic mass is 79.9. The van der Waals surface area contributed by atoms with Crippen molar-refractivity contribution in [3.63, 3.8) is 0 Å². The first-order chi connectivity index (χ1) is 12.4. The van der Waals surface area contributed by atoms with Crippen LogP contribution in [0.1, 0.15) is 11.3 Å². The third kappa shape index (κ3) is 4.33. The third-order valence-corrected chi connectivity index (χ3v) is 3.93. The normalized spacial score (nSPS) is 10.7. The van der Waals surface area contributed by atoms with Crippen LogP contribution in [0.3, 0.4) is 0 Å². The van der Waals surface area contributed by atoms with Gasteiger partial charge in [-0.05, 0) is 45.5 Å². The number of aromatic nitrogens is 4. The lowest BCUT2D eigenvalue weighted by molar-refractivity contribution is -0.392. The average Bonchev–Trinajstić information content (AvgIpc) is 3.13. The fourth-order valence-electron chi connectivity index (χ4n) is 2.49. The van der Waals surface area contributed by atoms with E-state index in [0.717, 1.165) is 14.7 Å². The predicted molar refractivity (Wildman–Crippen MR) is 97.7 cm³/mol. The van der Waals surface area contributed by atoms with Crippen LogP contribution in [0.15, 0.2) is 47.2 Å². The summed E-state index contributed by atoms with van der Waals surface area (Å²) < 4.78 is 3.73.